The number of aromatic nitrogens is 1. The first-order chi connectivity index (χ1) is 7.34. The quantitative estimate of drug-likeness (QED) is 0.860. The largest absolute Gasteiger partial charge is 0.493 e. The molecule has 2 rings (SSSR count). The molecule has 1 aromatic heterocycles. The summed E-state index contributed by atoms with van der Waals surface area (Å²) in [6, 6.07) is 9.76. The molecule has 0 aliphatic rings. The highest BCUT2D eigenvalue weighted by Crippen LogP contribution is 2.13. The summed E-state index contributed by atoms with van der Waals surface area (Å²) in [5.74, 6) is 1.48. The van der Waals surface area contributed by atoms with Crippen LogP contribution >= 0.6 is 11.3 Å². The zero-order valence-electron chi connectivity index (χ0n) is 8.22. The van der Waals surface area contributed by atoms with Gasteiger partial charge in [-0.2, -0.15) is 0 Å². The molecule has 1 heterocycles. The van der Waals surface area contributed by atoms with Crippen molar-refractivity contribution >= 4 is 17.2 Å². The van der Waals surface area contributed by atoms with Gasteiger partial charge in [0, 0.05) is 11.8 Å². The minimum absolute atomic E-state index is 0.592. The van der Waals surface area contributed by atoms with Crippen LogP contribution in [0.2, 0.25) is 0 Å². The number of ether oxygens (including phenoxy) is 1. The molecule has 0 aliphatic carbocycles. The molecule has 0 saturated carbocycles. The third-order valence-corrected chi connectivity index (χ3v) is 2.82. The van der Waals surface area contributed by atoms with Crippen LogP contribution in [-0.2, 0) is 6.42 Å². The fraction of sp³-hybridized carbons (Fsp3) is 0.182. The monoisotopic (exact) mass is 220 g/mol. The first-order valence-electron chi connectivity index (χ1n) is 4.72. The van der Waals surface area contributed by atoms with E-state index in [0.717, 1.165) is 17.2 Å². The Morgan fingerprint density at radius 1 is 1.27 bits per heavy atom. The van der Waals surface area contributed by atoms with Crippen LogP contribution in [0.4, 0.5) is 5.82 Å². The van der Waals surface area contributed by atoms with E-state index in [0.29, 0.717) is 12.4 Å². The van der Waals surface area contributed by atoms with E-state index in [4.69, 9.17) is 10.5 Å². The highest BCUT2D eigenvalue weighted by Gasteiger charge is 1.99. The molecule has 0 fully saturated rings. The molecular formula is C11H12N2OS. The highest BCUT2D eigenvalue weighted by atomic mass is 32.1. The van der Waals surface area contributed by atoms with Crippen molar-refractivity contribution in [2.45, 2.75) is 6.42 Å². The number of hydrogen-bond acceptors (Lipinski definition) is 4. The van der Waals surface area contributed by atoms with Gasteiger partial charge in [0.1, 0.15) is 11.6 Å². The summed E-state index contributed by atoms with van der Waals surface area (Å²) < 4.78 is 5.55. The van der Waals surface area contributed by atoms with Crippen LogP contribution < -0.4 is 10.5 Å². The van der Waals surface area contributed by atoms with Crippen molar-refractivity contribution in [2.75, 3.05) is 12.3 Å². The maximum Gasteiger partial charge on any atom is 0.134 e. The number of nitrogen functional groups attached to an aromatic ring is 1. The van der Waals surface area contributed by atoms with Gasteiger partial charge in [-0.25, -0.2) is 4.98 Å². The Labute approximate surface area is 92.5 Å². The van der Waals surface area contributed by atoms with E-state index in [2.05, 4.69) is 4.98 Å². The Morgan fingerprint density at radius 2 is 2.07 bits per heavy atom. The molecular weight excluding hydrogens is 208 g/mol. The van der Waals surface area contributed by atoms with Crippen molar-refractivity contribution in [3.05, 3.63) is 40.7 Å². The van der Waals surface area contributed by atoms with E-state index in [1.165, 1.54) is 0 Å². The molecule has 1 aromatic carbocycles. The molecule has 3 nitrogen and oxygen atoms in total. The molecule has 0 atom stereocenters. The van der Waals surface area contributed by atoms with Gasteiger partial charge in [0.05, 0.1) is 11.6 Å². The topological polar surface area (TPSA) is 48.1 Å². The fourth-order valence-electron chi connectivity index (χ4n) is 1.21. The lowest BCUT2D eigenvalue weighted by Crippen LogP contribution is -2.01. The standard InChI is InChI=1S/C11H12N2OS/c12-10-8-15-11(13-10)6-7-14-9-4-2-1-3-5-9/h1-5,8H,6-7,12H2. The lowest BCUT2D eigenvalue weighted by Gasteiger charge is -2.03. The molecule has 0 radical (unpaired) electrons. The van der Waals surface area contributed by atoms with E-state index >= 15 is 0 Å². The summed E-state index contributed by atoms with van der Waals surface area (Å²) in [5, 5.41) is 2.86. The number of nitrogens with two attached hydrogens (primary N) is 1. The number of benzene rings is 1. The van der Waals surface area contributed by atoms with Crippen molar-refractivity contribution in [3.63, 3.8) is 0 Å². The number of nitrogens with zero attached hydrogens (tertiary/aromatic N) is 1. The average Bonchev–Trinajstić information content (AvgIpc) is 2.66. The molecule has 0 spiro atoms. The van der Waals surface area contributed by atoms with Gasteiger partial charge >= 0.3 is 0 Å². The molecule has 15 heavy (non-hydrogen) atoms. The number of thiazole rings is 1. The number of rotatable bonds is 4. The van der Waals surface area contributed by atoms with Gasteiger partial charge in [-0.1, -0.05) is 18.2 Å². The molecule has 4 heteroatoms. The molecule has 0 saturated heterocycles. The number of hydrogen-bond donors (Lipinski definition) is 1. The zero-order valence-corrected chi connectivity index (χ0v) is 9.04. The number of anilines is 1. The third-order valence-electron chi connectivity index (χ3n) is 1.90. The van der Waals surface area contributed by atoms with E-state index < -0.39 is 0 Å². The predicted octanol–water partition coefficient (Wildman–Crippen LogP) is 2.35. The Kier molecular flexibility index (Phi) is 3.19. The summed E-state index contributed by atoms with van der Waals surface area (Å²) in [4.78, 5) is 4.16. The first-order valence-corrected chi connectivity index (χ1v) is 5.60. The second kappa shape index (κ2) is 4.79. The molecule has 0 aliphatic heterocycles. The predicted molar refractivity (Wildman–Crippen MR) is 62.2 cm³/mol. The van der Waals surface area contributed by atoms with Crippen molar-refractivity contribution in [1.29, 1.82) is 0 Å². The average molecular weight is 220 g/mol. The SMILES string of the molecule is Nc1csc(CCOc2ccccc2)n1. The van der Waals surface area contributed by atoms with E-state index in [-0.39, 0.29) is 0 Å². The molecule has 78 valence electrons. The lowest BCUT2D eigenvalue weighted by molar-refractivity contribution is 0.322. The van der Waals surface area contributed by atoms with Gasteiger partial charge in [0.2, 0.25) is 0 Å². The van der Waals surface area contributed by atoms with Gasteiger partial charge in [-0.15, -0.1) is 11.3 Å². The maximum absolute atomic E-state index is 5.55. The van der Waals surface area contributed by atoms with Gasteiger partial charge in [-0.05, 0) is 12.1 Å². The van der Waals surface area contributed by atoms with Gasteiger partial charge < -0.3 is 10.5 Å². The summed E-state index contributed by atoms with van der Waals surface area (Å²) in [6.07, 6.45) is 0.802. The maximum atomic E-state index is 5.55. The van der Waals surface area contributed by atoms with Gasteiger partial charge in [0.25, 0.3) is 0 Å². The van der Waals surface area contributed by atoms with E-state index in [1.807, 2.05) is 35.7 Å². The lowest BCUT2D eigenvalue weighted by atomic mass is 10.3. The molecule has 0 unspecified atom stereocenters. The van der Waals surface area contributed by atoms with Crippen LogP contribution in [0.25, 0.3) is 0 Å². The minimum Gasteiger partial charge on any atom is -0.493 e. The van der Waals surface area contributed by atoms with Gasteiger partial charge in [0.15, 0.2) is 0 Å². The molecule has 2 aromatic rings. The molecule has 0 amide bonds. The normalized spacial score (nSPS) is 10.1. The number of para-hydroxylation sites is 1. The van der Waals surface area contributed by atoms with Crippen LogP contribution in [0, 0.1) is 0 Å². The summed E-state index contributed by atoms with van der Waals surface area (Å²) >= 11 is 1.57. The zero-order chi connectivity index (χ0) is 10.5. The smallest absolute Gasteiger partial charge is 0.134 e. The van der Waals surface area contributed by atoms with Gasteiger partial charge in [-0.3, -0.25) is 0 Å². The third kappa shape index (κ3) is 2.95. The van der Waals surface area contributed by atoms with Crippen LogP contribution in [-0.4, -0.2) is 11.6 Å². The fourth-order valence-corrected chi connectivity index (χ4v) is 1.88. The summed E-state index contributed by atoms with van der Waals surface area (Å²) in [5.41, 5.74) is 5.52. The summed E-state index contributed by atoms with van der Waals surface area (Å²) in [7, 11) is 0. The van der Waals surface area contributed by atoms with E-state index in [9.17, 15) is 0 Å². The Balaban J connectivity index is 1.80. The van der Waals surface area contributed by atoms with Crippen LogP contribution in [0.3, 0.4) is 0 Å². The van der Waals surface area contributed by atoms with Crippen molar-refractivity contribution in [2.24, 2.45) is 0 Å². The first kappa shape index (κ1) is 9.98. The Morgan fingerprint density at radius 3 is 2.73 bits per heavy atom. The molecule has 0 bridgehead atoms. The highest BCUT2D eigenvalue weighted by molar-refractivity contribution is 7.10. The summed E-state index contributed by atoms with van der Waals surface area (Å²) in [6.45, 7) is 0.636. The van der Waals surface area contributed by atoms with Crippen molar-refractivity contribution in [1.82, 2.24) is 4.98 Å². The van der Waals surface area contributed by atoms with Crippen molar-refractivity contribution < 1.29 is 4.74 Å². The molecule has 2 N–H and O–H groups in total. The minimum atomic E-state index is 0.592. The van der Waals surface area contributed by atoms with Crippen LogP contribution in [0.5, 0.6) is 5.75 Å². The second-order valence-electron chi connectivity index (χ2n) is 3.08. The van der Waals surface area contributed by atoms with Crippen molar-refractivity contribution in [3.8, 4) is 5.75 Å². The Hall–Kier alpha value is -1.55. The second-order valence-corrected chi connectivity index (χ2v) is 4.02. The Bertz CT molecular complexity index is 414. The van der Waals surface area contributed by atoms with Crippen LogP contribution in [0.1, 0.15) is 5.01 Å². The van der Waals surface area contributed by atoms with E-state index in [1.54, 1.807) is 11.3 Å². The van der Waals surface area contributed by atoms with Crippen LogP contribution in [0.15, 0.2) is 35.7 Å².